The maximum atomic E-state index is 8.13. The molecule has 0 radical (unpaired) electrons. The van der Waals surface area contributed by atoms with Crippen molar-refractivity contribution in [2.75, 3.05) is 0 Å². The van der Waals surface area contributed by atoms with Crippen LogP contribution >= 0.6 is 0 Å². The van der Waals surface area contributed by atoms with Crippen molar-refractivity contribution in [3.63, 3.8) is 0 Å². The molecule has 4 nitrogen and oxygen atoms in total. The predicted molar refractivity (Wildman–Crippen MR) is 389 cm³/mol. The molecule has 0 spiro atoms. The van der Waals surface area contributed by atoms with E-state index in [1.165, 1.54) is 228 Å². The van der Waals surface area contributed by atoms with E-state index in [9.17, 15) is 0 Å². The summed E-state index contributed by atoms with van der Waals surface area (Å²) in [5.41, 5.74) is 10.0. The SMILES string of the molecule is CCCCCC1CCC(c2ccc(C(OCc3ccccc3)(c3ccc(C4CCC(CCCCC)CC4)cc3)[C@@H]3OC(C)(C)O[C@H]3C(OCc3ccccc3)(c3ccc(C4CCC(CCCCC)CC4)cc3)c3ccc(C4CCC(CCCCC)CC4)cc3)cc2)CC1. The fourth-order valence-electron chi connectivity index (χ4n) is 18.3. The van der Waals surface area contributed by atoms with E-state index in [-0.39, 0.29) is 0 Å². The van der Waals surface area contributed by atoms with Crippen LogP contribution in [0.5, 0.6) is 0 Å². The van der Waals surface area contributed by atoms with Gasteiger partial charge in [0, 0.05) is 0 Å². The van der Waals surface area contributed by atoms with Crippen molar-refractivity contribution in [2.24, 2.45) is 23.7 Å². The Labute approximate surface area is 565 Å². The number of hydrogen-bond acceptors (Lipinski definition) is 4. The lowest BCUT2D eigenvalue weighted by Gasteiger charge is -2.47. The Hall–Kier alpha value is -4.84. The first kappa shape index (κ1) is 69.5. The van der Waals surface area contributed by atoms with Crippen molar-refractivity contribution in [2.45, 2.75) is 313 Å². The monoisotopic (exact) mass is 1250 g/mol. The lowest BCUT2D eigenvalue weighted by atomic mass is 9.70. The molecule has 93 heavy (non-hydrogen) atoms. The van der Waals surface area contributed by atoms with Crippen LogP contribution in [-0.4, -0.2) is 18.0 Å². The summed E-state index contributed by atoms with van der Waals surface area (Å²) in [5, 5.41) is 0. The maximum Gasteiger partial charge on any atom is 0.164 e. The zero-order chi connectivity index (χ0) is 64.3. The van der Waals surface area contributed by atoms with Crippen molar-refractivity contribution in [1.82, 2.24) is 0 Å². The van der Waals surface area contributed by atoms with Gasteiger partial charge in [-0.3, -0.25) is 0 Å². The molecule has 0 bridgehead atoms. The van der Waals surface area contributed by atoms with Crippen molar-refractivity contribution < 1.29 is 18.9 Å². The minimum Gasteiger partial charge on any atom is -0.358 e. The van der Waals surface area contributed by atoms with Crippen LogP contribution in [0.1, 0.15) is 326 Å². The second-order valence-corrected chi connectivity index (χ2v) is 30.8. The number of benzene rings is 6. The van der Waals surface area contributed by atoms with Crippen LogP contribution in [0, 0.1) is 23.7 Å². The molecule has 0 N–H and O–H groups in total. The Balaban J connectivity index is 1.05. The molecular formula is C89H122O4. The molecule has 5 aliphatic rings. The van der Waals surface area contributed by atoms with Crippen LogP contribution in [0.3, 0.4) is 0 Å². The Morgan fingerprint density at radius 2 is 0.548 bits per heavy atom. The molecule has 0 amide bonds. The average molecular weight is 1260 g/mol. The van der Waals surface area contributed by atoms with Gasteiger partial charge < -0.3 is 18.9 Å². The van der Waals surface area contributed by atoms with E-state index < -0.39 is 29.2 Å². The van der Waals surface area contributed by atoms with Crippen LogP contribution in [0.4, 0.5) is 0 Å². The first-order chi connectivity index (χ1) is 45.6. The first-order valence-electron chi connectivity index (χ1n) is 38.7. The standard InChI is InChI=1S/C89H122O4/c1-7-11-17-25-67-33-41-73(42-34-67)77-49-57-81(58-50-77)88(90-65-71-29-21-15-22-30-71,82-59-51-78(52-60-82)74-43-35-68(36-44-74)26-18-12-8-2)85-86(93-87(5,6)92-85)89(91-66-72-31-23-16-24-32-72,83-61-53-79(54-62-83)75-45-37-69(38-46-75)27-19-13-9-3)84-63-55-80(56-64-84)76-47-39-70(40-48-76)28-20-14-10-4/h15-16,21-24,29-32,49-64,67-70,73-76,85-86H,7-14,17-20,25-28,33-48,65-66H2,1-6H3/t67?,68?,69?,70?,73?,74?,75?,76?,85-,86-,88?,89?/m1/s1. The highest BCUT2D eigenvalue weighted by Crippen LogP contribution is 2.55. The first-order valence-corrected chi connectivity index (χ1v) is 38.7. The number of hydrogen-bond donors (Lipinski definition) is 0. The number of ether oxygens (including phenoxy) is 4. The Kier molecular flexibility index (Phi) is 25.7. The molecule has 0 unspecified atom stereocenters. The minimum absolute atomic E-state index is 0.379. The minimum atomic E-state index is -1.17. The van der Waals surface area contributed by atoms with Gasteiger partial charge in [-0.2, -0.15) is 0 Å². The molecule has 4 aliphatic carbocycles. The zero-order valence-corrected chi connectivity index (χ0v) is 59.0. The van der Waals surface area contributed by atoms with Crippen LogP contribution in [0.2, 0.25) is 0 Å². The van der Waals surface area contributed by atoms with Crippen molar-refractivity contribution in [3.05, 3.63) is 213 Å². The zero-order valence-electron chi connectivity index (χ0n) is 59.0. The molecule has 6 aromatic carbocycles. The fourth-order valence-corrected chi connectivity index (χ4v) is 18.3. The topological polar surface area (TPSA) is 36.9 Å². The summed E-state index contributed by atoms with van der Waals surface area (Å²) < 4.78 is 32.1. The molecule has 1 saturated heterocycles. The van der Waals surface area contributed by atoms with Crippen LogP contribution in [-0.2, 0) is 43.4 Å². The van der Waals surface area contributed by atoms with Gasteiger partial charge in [0.2, 0.25) is 0 Å². The molecule has 6 aromatic rings. The van der Waals surface area contributed by atoms with Crippen molar-refractivity contribution in [1.29, 1.82) is 0 Å². The third-order valence-electron chi connectivity index (χ3n) is 24.0. The molecule has 502 valence electrons. The Bertz CT molecular complexity index is 2690. The molecule has 1 heterocycles. The highest BCUT2D eigenvalue weighted by Gasteiger charge is 2.63. The van der Waals surface area contributed by atoms with E-state index in [4.69, 9.17) is 18.9 Å². The summed E-state index contributed by atoms with van der Waals surface area (Å²) in [7, 11) is 0. The molecule has 11 rings (SSSR count). The second-order valence-electron chi connectivity index (χ2n) is 30.8. The molecule has 0 aromatic heterocycles. The molecule has 4 heteroatoms. The molecule has 4 saturated carbocycles. The largest absolute Gasteiger partial charge is 0.358 e. The number of unbranched alkanes of at least 4 members (excludes halogenated alkanes) is 8. The van der Waals surface area contributed by atoms with Gasteiger partial charge in [-0.05, 0) is 220 Å². The van der Waals surface area contributed by atoms with Gasteiger partial charge in [0.15, 0.2) is 5.79 Å². The summed E-state index contributed by atoms with van der Waals surface area (Å²) >= 11 is 0. The molecular weight excluding hydrogens is 1130 g/mol. The van der Waals surface area contributed by atoms with E-state index in [1.54, 1.807) is 0 Å². The third kappa shape index (κ3) is 17.7. The van der Waals surface area contributed by atoms with Crippen LogP contribution < -0.4 is 0 Å². The van der Waals surface area contributed by atoms with Crippen molar-refractivity contribution in [3.8, 4) is 0 Å². The summed E-state index contributed by atoms with van der Waals surface area (Å²) in [6, 6.07) is 60.9. The molecule has 1 aliphatic heterocycles. The van der Waals surface area contributed by atoms with Gasteiger partial charge in [0.25, 0.3) is 0 Å². The van der Waals surface area contributed by atoms with E-state index in [0.29, 0.717) is 36.9 Å². The van der Waals surface area contributed by atoms with Gasteiger partial charge in [0.1, 0.15) is 23.4 Å². The fraction of sp³-hybridized carbons (Fsp3) is 0.596. The summed E-state index contributed by atoms with van der Waals surface area (Å²) in [6.07, 6.45) is 40.8. The van der Waals surface area contributed by atoms with E-state index >= 15 is 0 Å². The quantitative estimate of drug-likeness (QED) is 0.0395. The predicted octanol–water partition coefficient (Wildman–Crippen LogP) is 25.2. The van der Waals surface area contributed by atoms with Crippen LogP contribution in [0.25, 0.3) is 0 Å². The van der Waals surface area contributed by atoms with Gasteiger partial charge in [-0.15, -0.1) is 0 Å². The Morgan fingerprint density at radius 3 is 0.774 bits per heavy atom. The van der Waals surface area contributed by atoms with Gasteiger partial charge in [0.05, 0.1) is 13.2 Å². The highest BCUT2D eigenvalue weighted by atomic mass is 16.8. The van der Waals surface area contributed by atoms with Gasteiger partial charge in [-0.1, -0.05) is 288 Å². The summed E-state index contributed by atoms with van der Waals surface area (Å²) in [4.78, 5) is 0. The lowest BCUT2D eigenvalue weighted by Crippen LogP contribution is -2.56. The van der Waals surface area contributed by atoms with E-state index in [2.05, 4.69) is 199 Å². The molecule has 5 fully saturated rings. The summed E-state index contributed by atoms with van der Waals surface area (Å²) in [5.74, 6) is 4.57. The lowest BCUT2D eigenvalue weighted by molar-refractivity contribution is -0.182. The normalized spacial score (nSPS) is 26.3. The summed E-state index contributed by atoms with van der Waals surface area (Å²) in [6.45, 7) is 14.4. The molecule has 2 atom stereocenters. The van der Waals surface area contributed by atoms with Crippen LogP contribution in [0.15, 0.2) is 158 Å². The van der Waals surface area contributed by atoms with Gasteiger partial charge in [-0.25, -0.2) is 0 Å². The van der Waals surface area contributed by atoms with Gasteiger partial charge >= 0.3 is 0 Å². The number of rotatable bonds is 32. The average Bonchev–Trinajstić information content (AvgIpc) is 1.79. The van der Waals surface area contributed by atoms with E-state index in [0.717, 1.165) is 57.1 Å². The van der Waals surface area contributed by atoms with E-state index in [1.807, 2.05) is 0 Å². The maximum absolute atomic E-state index is 8.13. The second kappa shape index (κ2) is 34.4. The highest BCUT2D eigenvalue weighted by molar-refractivity contribution is 5.48. The third-order valence-corrected chi connectivity index (χ3v) is 24.0. The Morgan fingerprint density at radius 1 is 0.312 bits per heavy atom. The smallest absolute Gasteiger partial charge is 0.164 e. The van der Waals surface area contributed by atoms with Crippen molar-refractivity contribution >= 4 is 0 Å².